The lowest BCUT2D eigenvalue weighted by molar-refractivity contribution is -0.114. The minimum atomic E-state index is -0.252. The third-order valence-electron chi connectivity index (χ3n) is 6.74. The van der Waals surface area contributed by atoms with Gasteiger partial charge in [0.1, 0.15) is 5.82 Å². The molecule has 3 heterocycles. The Balaban J connectivity index is 1.70. The van der Waals surface area contributed by atoms with Gasteiger partial charge in [0.05, 0.1) is 34.1 Å². The Kier molecular flexibility index (Phi) is 4.45. The summed E-state index contributed by atoms with van der Waals surface area (Å²) in [6, 6.07) is 17.8. The van der Waals surface area contributed by atoms with E-state index < -0.39 is 0 Å². The normalized spacial score (nSPS) is 15.1. The second-order valence-electron chi connectivity index (χ2n) is 8.93. The highest BCUT2D eigenvalue weighted by Gasteiger charge is 2.34. The van der Waals surface area contributed by atoms with Crippen LogP contribution in [0.15, 0.2) is 71.7 Å². The number of rotatable bonds is 2. The summed E-state index contributed by atoms with van der Waals surface area (Å²) in [5.74, 6) is 0.228. The van der Waals surface area contributed by atoms with Gasteiger partial charge in [-0.05, 0) is 56.9 Å². The number of hydrogen-bond acceptors (Lipinski definition) is 3. The Hall–Kier alpha value is -4.19. The molecule has 0 spiro atoms. The summed E-state index contributed by atoms with van der Waals surface area (Å²) < 4.78 is 3.56. The average Bonchev–Trinajstić information content (AvgIpc) is 3.09. The van der Waals surface area contributed by atoms with Crippen molar-refractivity contribution in [3.8, 4) is 0 Å². The van der Waals surface area contributed by atoms with Gasteiger partial charge in [-0.25, -0.2) is 9.99 Å². The van der Waals surface area contributed by atoms with E-state index in [1.54, 1.807) is 13.1 Å². The van der Waals surface area contributed by atoms with Crippen LogP contribution in [0.2, 0.25) is 0 Å². The van der Waals surface area contributed by atoms with Gasteiger partial charge < -0.3 is 4.57 Å². The largest absolute Gasteiger partial charge is 0.311 e. The van der Waals surface area contributed by atoms with Gasteiger partial charge in [0.25, 0.3) is 11.5 Å². The zero-order valence-electron chi connectivity index (χ0n) is 19.4. The lowest BCUT2D eigenvalue weighted by Crippen LogP contribution is -2.44. The first-order chi connectivity index (χ1) is 16.5. The van der Waals surface area contributed by atoms with Crippen molar-refractivity contribution in [3.05, 3.63) is 111 Å². The molecule has 34 heavy (non-hydrogen) atoms. The number of fused-ring (bicyclic) bond motifs is 1. The summed E-state index contributed by atoms with van der Waals surface area (Å²) >= 11 is 0. The average molecular weight is 449 g/mol. The molecule has 2 aliphatic rings. The van der Waals surface area contributed by atoms with Gasteiger partial charge in [0, 0.05) is 11.3 Å². The molecule has 0 fully saturated rings. The molecule has 2 aromatic carbocycles. The Labute approximate surface area is 197 Å². The number of benzene rings is 2. The monoisotopic (exact) mass is 448 g/mol. The number of amides is 1. The molecule has 1 aliphatic carbocycles. The summed E-state index contributed by atoms with van der Waals surface area (Å²) in [5, 5.41) is 1.97. The van der Waals surface area contributed by atoms with Crippen molar-refractivity contribution < 1.29 is 4.79 Å². The fraction of sp³-hybridized carbons (Fsp3) is 0.179. The summed E-state index contributed by atoms with van der Waals surface area (Å²) in [7, 11) is 0. The van der Waals surface area contributed by atoms with Gasteiger partial charge in [0.15, 0.2) is 0 Å². The van der Waals surface area contributed by atoms with Gasteiger partial charge in [0.2, 0.25) is 0 Å². The van der Waals surface area contributed by atoms with Gasteiger partial charge in [-0.3, -0.25) is 9.59 Å². The van der Waals surface area contributed by atoms with E-state index >= 15 is 0 Å². The van der Waals surface area contributed by atoms with Gasteiger partial charge in [-0.2, -0.15) is 4.68 Å². The van der Waals surface area contributed by atoms with Crippen LogP contribution < -0.4 is 10.6 Å². The van der Waals surface area contributed by atoms with Crippen molar-refractivity contribution in [1.29, 1.82) is 0 Å². The molecular formula is C28H24N4O2. The molecule has 0 saturated heterocycles. The van der Waals surface area contributed by atoms with Crippen molar-refractivity contribution in [2.75, 3.05) is 5.01 Å². The van der Waals surface area contributed by atoms with Gasteiger partial charge in [-0.1, -0.05) is 48.5 Å². The topological polar surface area (TPSA) is 60.1 Å². The van der Waals surface area contributed by atoms with Gasteiger partial charge >= 0.3 is 0 Å². The lowest BCUT2D eigenvalue weighted by atomic mass is 9.96. The molecule has 6 heteroatoms. The highest BCUT2D eigenvalue weighted by molar-refractivity contribution is 6.26. The van der Waals surface area contributed by atoms with Crippen LogP contribution in [0.5, 0.6) is 0 Å². The highest BCUT2D eigenvalue weighted by Crippen LogP contribution is 2.37. The van der Waals surface area contributed by atoms with Crippen molar-refractivity contribution in [3.63, 3.8) is 0 Å². The van der Waals surface area contributed by atoms with Gasteiger partial charge in [-0.15, -0.1) is 0 Å². The molecule has 6 rings (SSSR count). The SMILES string of the molecule is Cc1cccc2nc(C)n(N3C=C(c4ccccc4)n4c(C)cc5c4C(=CCC5)C3=O)c(=O)c12. The van der Waals surface area contributed by atoms with E-state index in [1.165, 1.54) is 9.69 Å². The number of aromatic nitrogens is 3. The van der Waals surface area contributed by atoms with E-state index in [4.69, 9.17) is 0 Å². The predicted molar refractivity (Wildman–Crippen MR) is 134 cm³/mol. The maximum atomic E-state index is 14.0. The molecule has 0 radical (unpaired) electrons. The fourth-order valence-corrected chi connectivity index (χ4v) is 5.23. The van der Waals surface area contributed by atoms with E-state index in [-0.39, 0.29) is 11.5 Å². The summed E-state index contributed by atoms with van der Waals surface area (Å²) in [6.07, 6.45) is 5.45. The molecule has 1 amide bonds. The van der Waals surface area contributed by atoms with Crippen LogP contribution >= 0.6 is 0 Å². The molecule has 0 atom stereocenters. The standard InChI is InChI=1S/C28H24N4O2/c1-17-9-7-14-23-25(17)28(34)32(19(3)29-23)30-16-24(20-10-5-4-6-11-20)31-18(2)15-21-12-8-13-22(26(21)31)27(30)33/h4-7,9-11,13-16H,8,12H2,1-3H3. The minimum absolute atomic E-state index is 0.230. The van der Waals surface area contributed by atoms with E-state index in [9.17, 15) is 9.59 Å². The molecule has 1 aliphatic heterocycles. The van der Waals surface area contributed by atoms with Crippen molar-refractivity contribution in [2.24, 2.45) is 0 Å². The Morgan fingerprint density at radius 1 is 0.941 bits per heavy atom. The number of aryl methyl sites for hydroxylation is 4. The molecule has 2 aromatic heterocycles. The minimum Gasteiger partial charge on any atom is -0.311 e. The first kappa shape index (κ1) is 20.4. The van der Waals surface area contributed by atoms with Crippen molar-refractivity contribution >= 4 is 28.1 Å². The van der Waals surface area contributed by atoms with Crippen LogP contribution in [0.3, 0.4) is 0 Å². The highest BCUT2D eigenvalue weighted by atomic mass is 16.2. The maximum absolute atomic E-state index is 14.0. The zero-order valence-corrected chi connectivity index (χ0v) is 19.4. The molecule has 0 saturated carbocycles. The molecule has 168 valence electrons. The smallest absolute Gasteiger partial charge is 0.281 e. The summed E-state index contributed by atoms with van der Waals surface area (Å²) in [4.78, 5) is 32.5. The fourth-order valence-electron chi connectivity index (χ4n) is 5.23. The summed E-state index contributed by atoms with van der Waals surface area (Å²) in [6.45, 7) is 5.72. The van der Waals surface area contributed by atoms with Crippen LogP contribution in [0.25, 0.3) is 22.2 Å². The van der Waals surface area contributed by atoms with Crippen LogP contribution in [0, 0.1) is 20.8 Å². The first-order valence-electron chi connectivity index (χ1n) is 11.5. The molecule has 4 aromatic rings. The van der Waals surface area contributed by atoms with Crippen molar-refractivity contribution in [1.82, 2.24) is 14.2 Å². The van der Waals surface area contributed by atoms with E-state index in [2.05, 4.69) is 22.5 Å². The second kappa shape index (κ2) is 7.42. The second-order valence-corrected chi connectivity index (χ2v) is 8.93. The molecule has 0 bridgehead atoms. The first-order valence-corrected chi connectivity index (χ1v) is 11.5. The zero-order chi connectivity index (χ0) is 23.6. The predicted octanol–water partition coefficient (Wildman–Crippen LogP) is 4.48. The number of nitrogens with zero attached hydrogens (tertiary/aromatic N) is 4. The van der Waals surface area contributed by atoms with Crippen molar-refractivity contribution in [2.45, 2.75) is 33.6 Å². The Bertz CT molecular complexity index is 1620. The van der Waals surface area contributed by atoms with Crippen LogP contribution in [0.4, 0.5) is 0 Å². The molecule has 0 N–H and O–H groups in total. The van der Waals surface area contributed by atoms with E-state index in [1.807, 2.05) is 61.5 Å². The number of carbonyl (C=O) groups is 1. The molecular weight excluding hydrogens is 424 g/mol. The third-order valence-corrected chi connectivity index (χ3v) is 6.74. The molecule has 0 unspecified atom stereocenters. The maximum Gasteiger partial charge on any atom is 0.281 e. The van der Waals surface area contributed by atoms with Crippen LogP contribution in [0.1, 0.15) is 40.3 Å². The Morgan fingerprint density at radius 2 is 1.74 bits per heavy atom. The summed E-state index contributed by atoms with van der Waals surface area (Å²) in [5.41, 5.74) is 6.77. The van der Waals surface area contributed by atoms with E-state index in [0.717, 1.165) is 46.6 Å². The lowest BCUT2D eigenvalue weighted by Gasteiger charge is -2.24. The van der Waals surface area contributed by atoms with Crippen LogP contribution in [-0.2, 0) is 11.2 Å². The van der Waals surface area contributed by atoms with Crippen LogP contribution in [-0.4, -0.2) is 20.1 Å². The quantitative estimate of drug-likeness (QED) is 0.454. The molecule has 6 nitrogen and oxygen atoms in total. The third kappa shape index (κ3) is 2.85. The number of hydrogen-bond donors (Lipinski definition) is 0. The Morgan fingerprint density at radius 3 is 2.53 bits per heavy atom. The van der Waals surface area contributed by atoms with E-state index in [0.29, 0.717) is 22.3 Å². The number of allylic oxidation sites excluding steroid dienone is 1. The number of carbonyl (C=O) groups excluding carboxylic acids is 1.